The largest absolute Gasteiger partial charge is 0.135 e. The van der Waals surface area contributed by atoms with E-state index in [9.17, 15) is 0 Å². The van der Waals surface area contributed by atoms with Crippen molar-refractivity contribution in [1.29, 1.82) is 0 Å². The Labute approximate surface area is 109 Å². The predicted octanol–water partition coefficient (Wildman–Crippen LogP) is 5.20. The van der Waals surface area contributed by atoms with Crippen LogP contribution in [0.25, 0.3) is 20.2 Å². The third kappa shape index (κ3) is 1.36. The normalized spacial score (nSPS) is 14.6. The van der Waals surface area contributed by atoms with E-state index in [-0.39, 0.29) is 0 Å². The van der Waals surface area contributed by atoms with Crippen molar-refractivity contribution < 1.29 is 0 Å². The topological polar surface area (TPSA) is 0 Å². The van der Waals surface area contributed by atoms with Crippen molar-refractivity contribution in [1.82, 2.24) is 0 Å². The van der Waals surface area contributed by atoms with E-state index in [0.29, 0.717) is 0 Å². The highest BCUT2D eigenvalue weighted by molar-refractivity contribution is 7.25. The maximum Gasteiger partial charge on any atom is 0.0420 e. The zero-order chi connectivity index (χ0) is 11.4. The molecule has 0 fully saturated rings. The molecule has 1 aliphatic rings. The third-order valence-electron chi connectivity index (χ3n) is 3.68. The molecule has 0 nitrogen and oxygen atoms in total. The molecule has 0 amide bonds. The molecule has 2 heteroatoms. The summed E-state index contributed by atoms with van der Waals surface area (Å²) in [5, 5.41) is 3.70. The molecule has 0 atom stereocenters. The van der Waals surface area contributed by atoms with Crippen LogP contribution in [0.1, 0.15) is 17.5 Å². The summed E-state index contributed by atoms with van der Waals surface area (Å²) in [5.41, 5.74) is 3.13. The Bertz CT molecular complexity index is 739. The SMILES string of the molecule is Clc1ccc2c(c1)sc1ccc3c(c12)CCC3. The third-order valence-corrected chi connectivity index (χ3v) is 5.03. The molecule has 0 bridgehead atoms. The van der Waals surface area contributed by atoms with Crippen LogP contribution in [-0.4, -0.2) is 0 Å². The maximum atomic E-state index is 6.07. The summed E-state index contributed by atoms with van der Waals surface area (Å²) in [4.78, 5) is 0. The number of rotatable bonds is 0. The van der Waals surface area contributed by atoms with Crippen molar-refractivity contribution >= 4 is 43.1 Å². The first-order valence-corrected chi connectivity index (χ1v) is 7.15. The van der Waals surface area contributed by atoms with E-state index < -0.39 is 0 Å². The lowest BCUT2D eigenvalue weighted by Gasteiger charge is -2.01. The molecule has 1 aliphatic carbocycles. The van der Waals surface area contributed by atoms with E-state index in [4.69, 9.17) is 11.6 Å². The minimum absolute atomic E-state index is 0.834. The van der Waals surface area contributed by atoms with Crippen LogP contribution >= 0.6 is 22.9 Å². The van der Waals surface area contributed by atoms with Crippen molar-refractivity contribution in [2.45, 2.75) is 19.3 Å². The molecule has 2 aromatic carbocycles. The molecule has 17 heavy (non-hydrogen) atoms. The van der Waals surface area contributed by atoms with Crippen LogP contribution in [0.4, 0.5) is 0 Å². The van der Waals surface area contributed by atoms with Crippen molar-refractivity contribution in [2.75, 3.05) is 0 Å². The average Bonchev–Trinajstić information content (AvgIpc) is 2.89. The molecule has 0 N–H and O–H groups in total. The molecule has 0 radical (unpaired) electrons. The number of hydrogen-bond donors (Lipinski definition) is 0. The molecule has 0 unspecified atom stereocenters. The molecule has 3 aromatic rings. The van der Waals surface area contributed by atoms with Gasteiger partial charge in [-0.2, -0.15) is 0 Å². The zero-order valence-corrected chi connectivity index (χ0v) is 10.9. The van der Waals surface area contributed by atoms with Gasteiger partial charge in [-0.1, -0.05) is 23.7 Å². The molecular weight excluding hydrogens is 248 g/mol. The van der Waals surface area contributed by atoms with E-state index in [1.807, 2.05) is 17.4 Å². The van der Waals surface area contributed by atoms with Crippen LogP contribution < -0.4 is 0 Å². The Hall–Kier alpha value is -1.05. The summed E-state index contributed by atoms with van der Waals surface area (Å²) in [6.45, 7) is 0. The van der Waals surface area contributed by atoms with E-state index >= 15 is 0 Å². The summed E-state index contributed by atoms with van der Waals surface area (Å²) in [6.07, 6.45) is 3.79. The van der Waals surface area contributed by atoms with Crippen LogP contribution in [0.5, 0.6) is 0 Å². The number of aryl methyl sites for hydroxylation is 2. The fraction of sp³-hybridized carbons (Fsp3) is 0.200. The Kier molecular flexibility index (Phi) is 2.03. The molecule has 84 valence electrons. The first-order chi connectivity index (χ1) is 8.33. The lowest BCUT2D eigenvalue weighted by Crippen LogP contribution is -1.82. The van der Waals surface area contributed by atoms with Crippen molar-refractivity contribution in [3.05, 3.63) is 46.5 Å². The van der Waals surface area contributed by atoms with Gasteiger partial charge in [-0.25, -0.2) is 0 Å². The Balaban J connectivity index is 2.23. The standard InChI is InChI=1S/C15H11ClS/c16-10-5-6-12-14(8-10)17-13-7-4-9-2-1-3-11(9)15(12)13/h4-8H,1-3H2. The molecule has 4 rings (SSSR count). The zero-order valence-electron chi connectivity index (χ0n) is 9.29. The van der Waals surface area contributed by atoms with Gasteiger partial charge in [0.2, 0.25) is 0 Å². The van der Waals surface area contributed by atoms with Crippen LogP contribution in [0, 0.1) is 0 Å². The lowest BCUT2D eigenvalue weighted by molar-refractivity contribution is 0.913. The highest BCUT2D eigenvalue weighted by atomic mass is 35.5. The molecule has 0 spiro atoms. The minimum atomic E-state index is 0.834. The average molecular weight is 259 g/mol. The Morgan fingerprint density at radius 1 is 1.00 bits per heavy atom. The van der Waals surface area contributed by atoms with E-state index in [1.54, 1.807) is 11.1 Å². The number of fused-ring (bicyclic) bond motifs is 5. The Morgan fingerprint density at radius 3 is 2.88 bits per heavy atom. The van der Waals surface area contributed by atoms with Crippen LogP contribution in [0.15, 0.2) is 30.3 Å². The fourth-order valence-corrected chi connectivity index (χ4v) is 4.34. The predicted molar refractivity (Wildman–Crippen MR) is 76.4 cm³/mol. The second-order valence-corrected chi connectivity index (χ2v) is 6.19. The molecule has 1 heterocycles. The van der Waals surface area contributed by atoms with Gasteiger partial charge in [-0.15, -0.1) is 11.3 Å². The van der Waals surface area contributed by atoms with Crippen LogP contribution in [0.2, 0.25) is 5.02 Å². The highest BCUT2D eigenvalue weighted by Gasteiger charge is 2.17. The maximum absolute atomic E-state index is 6.07. The second-order valence-electron chi connectivity index (χ2n) is 4.67. The van der Waals surface area contributed by atoms with Gasteiger partial charge in [0.15, 0.2) is 0 Å². The first-order valence-electron chi connectivity index (χ1n) is 5.95. The molecule has 0 saturated heterocycles. The lowest BCUT2D eigenvalue weighted by atomic mass is 10.0. The summed E-state index contributed by atoms with van der Waals surface area (Å²) in [6, 6.07) is 10.8. The van der Waals surface area contributed by atoms with Gasteiger partial charge >= 0.3 is 0 Å². The van der Waals surface area contributed by atoms with E-state index in [0.717, 1.165) is 5.02 Å². The Morgan fingerprint density at radius 2 is 1.94 bits per heavy atom. The smallest absolute Gasteiger partial charge is 0.0420 e. The molecular formula is C15H11ClS. The number of hydrogen-bond acceptors (Lipinski definition) is 1. The second kappa shape index (κ2) is 3.47. The van der Waals surface area contributed by atoms with Crippen molar-refractivity contribution in [3.63, 3.8) is 0 Å². The van der Waals surface area contributed by atoms with Crippen LogP contribution in [-0.2, 0) is 12.8 Å². The van der Waals surface area contributed by atoms with Crippen molar-refractivity contribution in [3.8, 4) is 0 Å². The van der Waals surface area contributed by atoms with Gasteiger partial charge in [0.25, 0.3) is 0 Å². The number of thiophene rings is 1. The van der Waals surface area contributed by atoms with Crippen molar-refractivity contribution in [2.24, 2.45) is 0 Å². The van der Waals surface area contributed by atoms with Gasteiger partial charge in [0.1, 0.15) is 0 Å². The van der Waals surface area contributed by atoms with Gasteiger partial charge in [-0.05, 0) is 48.6 Å². The van der Waals surface area contributed by atoms with Gasteiger partial charge in [0.05, 0.1) is 0 Å². The number of benzene rings is 2. The summed E-state index contributed by atoms with van der Waals surface area (Å²) < 4.78 is 2.72. The highest BCUT2D eigenvalue weighted by Crippen LogP contribution is 2.40. The molecule has 1 aromatic heterocycles. The van der Waals surface area contributed by atoms with Gasteiger partial charge in [-0.3, -0.25) is 0 Å². The number of halogens is 1. The van der Waals surface area contributed by atoms with Gasteiger partial charge in [0, 0.05) is 25.2 Å². The van der Waals surface area contributed by atoms with E-state index in [2.05, 4.69) is 24.3 Å². The summed E-state index contributed by atoms with van der Waals surface area (Å²) in [5.74, 6) is 0. The summed E-state index contributed by atoms with van der Waals surface area (Å²) in [7, 11) is 0. The van der Waals surface area contributed by atoms with E-state index in [1.165, 1.54) is 39.4 Å². The first kappa shape index (κ1) is 9.93. The van der Waals surface area contributed by atoms with Gasteiger partial charge < -0.3 is 0 Å². The summed E-state index contributed by atoms with van der Waals surface area (Å²) >= 11 is 7.93. The van der Waals surface area contributed by atoms with Crippen LogP contribution in [0.3, 0.4) is 0 Å². The minimum Gasteiger partial charge on any atom is -0.135 e. The quantitative estimate of drug-likeness (QED) is 0.520. The fourth-order valence-electron chi connectivity index (χ4n) is 2.93. The molecule has 0 aliphatic heterocycles. The molecule has 0 saturated carbocycles. The monoisotopic (exact) mass is 258 g/mol.